The van der Waals surface area contributed by atoms with Crippen LogP contribution in [0.15, 0.2) is 78.1 Å². The fourth-order valence-corrected chi connectivity index (χ4v) is 3.95. The summed E-state index contributed by atoms with van der Waals surface area (Å²) >= 11 is 12.0. The Bertz CT molecular complexity index is 1290. The molecule has 2 aliphatic heterocycles. The highest BCUT2D eigenvalue weighted by Crippen LogP contribution is 2.36. The summed E-state index contributed by atoms with van der Waals surface area (Å²) in [4.78, 5) is 12.9. The Balaban J connectivity index is 1.35. The Labute approximate surface area is 195 Å². The van der Waals surface area contributed by atoms with Crippen LogP contribution in [-0.2, 0) is 6.61 Å². The molecule has 4 nitrogen and oxygen atoms in total. The Morgan fingerprint density at radius 3 is 2.69 bits per heavy atom. The molecule has 5 rings (SSSR count). The number of allylic oxidation sites excluding steroid dienone is 1. The zero-order valence-corrected chi connectivity index (χ0v) is 18.6. The lowest BCUT2D eigenvalue weighted by Gasteiger charge is -2.22. The number of carbonyl (C=O) groups excluding carboxylic acids is 1. The second-order valence-corrected chi connectivity index (χ2v) is 8.39. The Morgan fingerprint density at radius 2 is 1.84 bits per heavy atom. The second kappa shape index (κ2) is 8.38. The third kappa shape index (κ3) is 3.99. The second-order valence-electron chi connectivity index (χ2n) is 7.58. The van der Waals surface area contributed by atoms with Gasteiger partial charge in [-0.15, -0.1) is 0 Å². The number of carbonyl (C=O) groups is 1. The molecule has 0 N–H and O–H groups in total. The van der Waals surface area contributed by atoms with E-state index in [2.05, 4.69) is 0 Å². The molecule has 0 saturated heterocycles. The number of ketones is 1. The molecule has 0 amide bonds. The fourth-order valence-electron chi connectivity index (χ4n) is 3.63. The molecule has 2 heterocycles. The van der Waals surface area contributed by atoms with Crippen LogP contribution in [-0.4, -0.2) is 11.9 Å². The monoisotopic (exact) mass is 464 g/mol. The average Bonchev–Trinajstić information content (AvgIpc) is 3.09. The van der Waals surface area contributed by atoms with Crippen molar-refractivity contribution in [3.63, 3.8) is 0 Å². The number of rotatable bonds is 4. The molecule has 3 aromatic carbocycles. The van der Waals surface area contributed by atoms with E-state index in [9.17, 15) is 4.79 Å². The van der Waals surface area contributed by atoms with Gasteiger partial charge in [-0.3, -0.25) is 4.79 Å². The molecule has 1 atom stereocenters. The molecular weight excluding hydrogens is 447 g/mol. The Hall–Kier alpha value is -3.21. The van der Waals surface area contributed by atoms with Gasteiger partial charge in [0.05, 0.1) is 15.6 Å². The number of ether oxygens (including phenoxy) is 3. The zero-order valence-electron chi connectivity index (χ0n) is 17.1. The predicted molar refractivity (Wildman–Crippen MR) is 125 cm³/mol. The molecule has 0 radical (unpaired) electrons. The molecular formula is C26H18Cl2O4. The van der Waals surface area contributed by atoms with Crippen molar-refractivity contribution in [2.24, 2.45) is 0 Å². The number of halogens is 2. The van der Waals surface area contributed by atoms with Gasteiger partial charge in [-0.1, -0.05) is 47.5 Å². The quantitative estimate of drug-likeness (QED) is 0.394. The van der Waals surface area contributed by atoms with Crippen molar-refractivity contribution in [2.75, 3.05) is 0 Å². The lowest BCUT2D eigenvalue weighted by atomic mass is 10.0. The number of hydrogen-bond donors (Lipinski definition) is 0. The molecule has 3 aromatic rings. The van der Waals surface area contributed by atoms with Crippen molar-refractivity contribution in [1.82, 2.24) is 0 Å². The fraction of sp³-hybridized carbons (Fsp3) is 0.115. The van der Waals surface area contributed by atoms with Crippen molar-refractivity contribution in [3.05, 3.63) is 105 Å². The predicted octanol–water partition coefficient (Wildman–Crippen LogP) is 6.90. The summed E-state index contributed by atoms with van der Waals surface area (Å²) in [6.07, 6.45) is 3.57. The maximum atomic E-state index is 12.9. The zero-order chi connectivity index (χ0) is 22.2. The standard InChI is InChI=1S/C26H18Cl2O4/c1-15-18(11-17-4-2-3-5-23(17)31-15)12-25-26(29)20-8-7-19(13-24(20)32-25)30-14-16-6-9-21(27)22(28)10-16/h2-13,15H,14H2,1H3/b25-12-/t15-/m1/s1. The first kappa shape index (κ1) is 20.7. The summed E-state index contributed by atoms with van der Waals surface area (Å²) in [7, 11) is 0. The van der Waals surface area contributed by atoms with Gasteiger partial charge in [0.15, 0.2) is 5.76 Å². The largest absolute Gasteiger partial charge is 0.489 e. The van der Waals surface area contributed by atoms with Crippen LogP contribution in [0.2, 0.25) is 10.0 Å². The van der Waals surface area contributed by atoms with E-state index >= 15 is 0 Å². The highest BCUT2D eigenvalue weighted by molar-refractivity contribution is 6.42. The summed E-state index contributed by atoms with van der Waals surface area (Å²) in [5.74, 6) is 1.99. The van der Waals surface area contributed by atoms with Crippen LogP contribution in [0.1, 0.15) is 28.4 Å². The van der Waals surface area contributed by atoms with Crippen molar-refractivity contribution in [1.29, 1.82) is 0 Å². The third-order valence-corrected chi connectivity index (χ3v) is 6.08. The van der Waals surface area contributed by atoms with Crippen LogP contribution in [0.5, 0.6) is 17.2 Å². The highest BCUT2D eigenvalue weighted by Gasteiger charge is 2.29. The Kier molecular flexibility index (Phi) is 5.41. The third-order valence-electron chi connectivity index (χ3n) is 5.34. The van der Waals surface area contributed by atoms with Crippen LogP contribution >= 0.6 is 23.2 Å². The van der Waals surface area contributed by atoms with Gasteiger partial charge in [0, 0.05) is 11.6 Å². The van der Waals surface area contributed by atoms with Gasteiger partial charge in [-0.2, -0.15) is 0 Å². The van der Waals surface area contributed by atoms with E-state index in [4.69, 9.17) is 37.4 Å². The molecule has 0 unspecified atom stereocenters. The highest BCUT2D eigenvalue weighted by atomic mass is 35.5. The minimum Gasteiger partial charge on any atom is -0.489 e. The molecule has 0 bridgehead atoms. The van der Waals surface area contributed by atoms with Crippen molar-refractivity contribution >= 4 is 35.1 Å². The van der Waals surface area contributed by atoms with E-state index in [0.29, 0.717) is 33.7 Å². The SMILES string of the molecule is C[C@H]1Oc2ccccc2C=C1/C=C1\Oc2cc(OCc3ccc(Cl)c(Cl)c3)ccc2C1=O. The minimum absolute atomic E-state index is 0.164. The molecule has 0 aliphatic carbocycles. The van der Waals surface area contributed by atoms with E-state index in [-0.39, 0.29) is 17.6 Å². The van der Waals surface area contributed by atoms with Gasteiger partial charge in [0.25, 0.3) is 0 Å². The first-order valence-electron chi connectivity index (χ1n) is 10.1. The van der Waals surface area contributed by atoms with E-state index in [1.807, 2.05) is 43.3 Å². The normalized spacial score (nSPS) is 17.8. The first-order chi connectivity index (χ1) is 15.5. The van der Waals surface area contributed by atoms with Crippen LogP contribution < -0.4 is 14.2 Å². The number of hydrogen-bond acceptors (Lipinski definition) is 4. The summed E-state index contributed by atoms with van der Waals surface area (Å²) in [6, 6.07) is 18.3. The maximum absolute atomic E-state index is 12.9. The summed E-state index contributed by atoms with van der Waals surface area (Å²) in [6.45, 7) is 2.26. The van der Waals surface area contributed by atoms with E-state index in [1.54, 1.807) is 36.4 Å². The molecule has 6 heteroatoms. The lowest BCUT2D eigenvalue weighted by molar-refractivity contribution is 0.101. The molecule has 32 heavy (non-hydrogen) atoms. The van der Waals surface area contributed by atoms with Crippen molar-refractivity contribution in [2.45, 2.75) is 19.6 Å². The summed E-state index contributed by atoms with van der Waals surface area (Å²) < 4.78 is 17.7. The summed E-state index contributed by atoms with van der Waals surface area (Å²) in [5, 5.41) is 0.971. The smallest absolute Gasteiger partial charge is 0.231 e. The summed E-state index contributed by atoms with van der Waals surface area (Å²) in [5.41, 5.74) is 3.23. The van der Waals surface area contributed by atoms with Crippen molar-refractivity contribution in [3.8, 4) is 17.2 Å². The molecule has 160 valence electrons. The van der Waals surface area contributed by atoms with Crippen LogP contribution in [0.4, 0.5) is 0 Å². The van der Waals surface area contributed by atoms with Crippen molar-refractivity contribution < 1.29 is 19.0 Å². The molecule has 0 fully saturated rings. The average molecular weight is 465 g/mol. The van der Waals surface area contributed by atoms with Crippen LogP contribution in [0.3, 0.4) is 0 Å². The van der Waals surface area contributed by atoms with Gasteiger partial charge in [-0.05, 0) is 60.5 Å². The number of benzene rings is 3. The number of fused-ring (bicyclic) bond motifs is 2. The van der Waals surface area contributed by atoms with Gasteiger partial charge in [-0.25, -0.2) is 0 Å². The van der Waals surface area contributed by atoms with E-state index in [1.165, 1.54) is 0 Å². The molecule has 2 aliphatic rings. The lowest BCUT2D eigenvalue weighted by Crippen LogP contribution is -2.18. The van der Waals surface area contributed by atoms with Crippen LogP contribution in [0, 0.1) is 0 Å². The molecule has 0 spiro atoms. The number of Topliss-reactive ketones (excluding diaryl/α,β-unsaturated/α-hetero) is 1. The van der Waals surface area contributed by atoms with E-state index < -0.39 is 0 Å². The topological polar surface area (TPSA) is 44.8 Å². The molecule has 0 aromatic heterocycles. The molecule has 0 saturated carbocycles. The van der Waals surface area contributed by atoms with Crippen LogP contribution in [0.25, 0.3) is 6.08 Å². The minimum atomic E-state index is -0.192. The van der Waals surface area contributed by atoms with Gasteiger partial charge < -0.3 is 14.2 Å². The van der Waals surface area contributed by atoms with Gasteiger partial charge in [0.2, 0.25) is 5.78 Å². The first-order valence-corrected chi connectivity index (χ1v) is 10.9. The van der Waals surface area contributed by atoms with Gasteiger partial charge in [0.1, 0.15) is 30.0 Å². The van der Waals surface area contributed by atoms with Gasteiger partial charge >= 0.3 is 0 Å². The Morgan fingerprint density at radius 1 is 1.00 bits per heavy atom. The maximum Gasteiger partial charge on any atom is 0.231 e. The number of para-hydroxylation sites is 1. The van der Waals surface area contributed by atoms with E-state index in [0.717, 1.165) is 22.4 Å².